The Labute approximate surface area is 205 Å². The Morgan fingerprint density at radius 3 is 2.60 bits per heavy atom. The van der Waals surface area contributed by atoms with Crippen molar-refractivity contribution in [3.05, 3.63) is 42.4 Å². The fourth-order valence-corrected chi connectivity index (χ4v) is 4.18. The second-order valence-electron chi connectivity index (χ2n) is 9.42. The molecule has 184 valence electrons. The zero-order valence-electron chi connectivity index (χ0n) is 20.5. The van der Waals surface area contributed by atoms with Crippen LogP contribution in [0.4, 0.5) is 5.82 Å². The van der Waals surface area contributed by atoms with Gasteiger partial charge in [-0.2, -0.15) is 10.4 Å². The fourth-order valence-electron chi connectivity index (χ4n) is 4.18. The average Bonchev–Trinajstić information content (AvgIpc) is 3.29. The Hall–Kier alpha value is -3.64. The summed E-state index contributed by atoms with van der Waals surface area (Å²) < 4.78 is 7.32. The minimum Gasteiger partial charge on any atom is -0.489 e. The van der Waals surface area contributed by atoms with Gasteiger partial charge in [-0.1, -0.05) is 13.8 Å². The van der Waals surface area contributed by atoms with E-state index in [4.69, 9.17) is 4.74 Å². The van der Waals surface area contributed by atoms with Crippen LogP contribution >= 0.6 is 0 Å². The monoisotopic (exact) mass is 476 g/mol. The molecule has 4 rings (SSSR count). The van der Waals surface area contributed by atoms with E-state index in [0.717, 1.165) is 36.5 Å². The molecule has 4 heterocycles. The molecule has 0 spiro atoms. The summed E-state index contributed by atoms with van der Waals surface area (Å²) in [5.41, 5.74) is 2.76. The Kier molecular flexibility index (Phi) is 7.51. The predicted octanol–water partition coefficient (Wildman–Crippen LogP) is 3.11. The molecule has 1 atom stereocenters. The van der Waals surface area contributed by atoms with Crippen LogP contribution in [-0.2, 0) is 4.79 Å². The van der Waals surface area contributed by atoms with Gasteiger partial charge in [-0.15, -0.1) is 0 Å². The number of carbonyl (C=O) groups excluding carboxylic acids is 1. The summed E-state index contributed by atoms with van der Waals surface area (Å²) in [6.45, 7) is 8.97. The van der Waals surface area contributed by atoms with E-state index in [0.29, 0.717) is 42.3 Å². The van der Waals surface area contributed by atoms with Gasteiger partial charge in [0.05, 0.1) is 29.6 Å². The lowest BCUT2D eigenvalue weighted by Gasteiger charge is -2.35. The number of nitrogens with zero attached hydrogens (tertiary/aromatic N) is 6. The molecule has 35 heavy (non-hydrogen) atoms. The summed E-state index contributed by atoms with van der Waals surface area (Å²) >= 11 is 0. The van der Waals surface area contributed by atoms with Gasteiger partial charge < -0.3 is 19.6 Å². The van der Waals surface area contributed by atoms with Gasteiger partial charge in [-0.05, 0) is 37.5 Å². The molecule has 1 N–H and O–H groups in total. The molecule has 3 aromatic rings. The molecule has 9 heteroatoms. The highest BCUT2D eigenvalue weighted by molar-refractivity contribution is 5.85. The van der Waals surface area contributed by atoms with Gasteiger partial charge in [0.15, 0.2) is 0 Å². The molecule has 1 fully saturated rings. The molecular formula is C26H32N6O3. The van der Waals surface area contributed by atoms with Crippen molar-refractivity contribution in [2.24, 2.45) is 5.92 Å². The minimum atomic E-state index is -0.603. The van der Waals surface area contributed by atoms with Crippen LogP contribution in [0.3, 0.4) is 0 Å². The number of pyridine rings is 2. The molecule has 1 aliphatic rings. The van der Waals surface area contributed by atoms with Crippen molar-refractivity contribution in [1.82, 2.24) is 19.5 Å². The quantitative estimate of drug-likeness (QED) is 0.532. The van der Waals surface area contributed by atoms with Gasteiger partial charge in [0, 0.05) is 49.9 Å². The SMILES string of the molecule is CC(C)CCC(=O)N1CCN(c2ccc(-c3cc(OC[C@H](C)O)cn4ncc(C#N)c34)cn2)CC1. The van der Waals surface area contributed by atoms with Gasteiger partial charge in [-0.3, -0.25) is 4.79 Å². The van der Waals surface area contributed by atoms with Gasteiger partial charge in [0.25, 0.3) is 0 Å². The second-order valence-corrected chi connectivity index (χ2v) is 9.42. The highest BCUT2D eigenvalue weighted by atomic mass is 16.5. The lowest BCUT2D eigenvalue weighted by molar-refractivity contribution is -0.131. The molecule has 0 saturated carbocycles. The van der Waals surface area contributed by atoms with Crippen LogP contribution in [-0.4, -0.2) is 69.4 Å². The highest BCUT2D eigenvalue weighted by Crippen LogP contribution is 2.31. The molecule has 0 bridgehead atoms. The highest BCUT2D eigenvalue weighted by Gasteiger charge is 2.22. The van der Waals surface area contributed by atoms with Crippen molar-refractivity contribution in [1.29, 1.82) is 5.26 Å². The van der Waals surface area contributed by atoms with Crippen LogP contribution in [0.5, 0.6) is 5.75 Å². The van der Waals surface area contributed by atoms with Crippen LogP contribution in [0.25, 0.3) is 16.6 Å². The lowest BCUT2D eigenvalue weighted by atomic mass is 10.1. The van der Waals surface area contributed by atoms with Crippen LogP contribution < -0.4 is 9.64 Å². The molecule has 1 aliphatic heterocycles. The third kappa shape index (κ3) is 5.72. The Morgan fingerprint density at radius 1 is 1.20 bits per heavy atom. The summed E-state index contributed by atoms with van der Waals surface area (Å²) in [5, 5.41) is 23.4. The number of hydrogen-bond acceptors (Lipinski definition) is 7. The van der Waals surface area contributed by atoms with Crippen molar-refractivity contribution in [2.45, 2.75) is 39.7 Å². The predicted molar refractivity (Wildman–Crippen MR) is 133 cm³/mol. The van der Waals surface area contributed by atoms with E-state index in [1.54, 1.807) is 23.8 Å². The van der Waals surface area contributed by atoms with Crippen molar-refractivity contribution in [2.75, 3.05) is 37.7 Å². The van der Waals surface area contributed by atoms with E-state index >= 15 is 0 Å². The topological polar surface area (TPSA) is 107 Å². The molecule has 0 aromatic carbocycles. The number of rotatable bonds is 8. The smallest absolute Gasteiger partial charge is 0.222 e. The number of hydrogen-bond donors (Lipinski definition) is 1. The van der Waals surface area contributed by atoms with E-state index in [1.165, 1.54) is 6.20 Å². The van der Waals surface area contributed by atoms with Gasteiger partial charge >= 0.3 is 0 Å². The average molecular weight is 477 g/mol. The molecule has 1 amide bonds. The maximum absolute atomic E-state index is 12.4. The molecule has 9 nitrogen and oxygen atoms in total. The number of aliphatic hydroxyl groups excluding tert-OH is 1. The summed E-state index contributed by atoms with van der Waals surface area (Å²) in [5.74, 6) is 2.16. The first-order valence-electron chi connectivity index (χ1n) is 12.1. The Morgan fingerprint density at radius 2 is 1.97 bits per heavy atom. The van der Waals surface area contributed by atoms with Crippen LogP contribution in [0, 0.1) is 17.2 Å². The number of anilines is 1. The fraction of sp³-hybridized carbons (Fsp3) is 0.462. The van der Waals surface area contributed by atoms with Crippen molar-refractivity contribution < 1.29 is 14.6 Å². The molecular weight excluding hydrogens is 444 g/mol. The number of piperazine rings is 1. The first-order chi connectivity index (χ1) is 16.9. The molecule has 0 unspecified atom stereocenters. The Bertz CT molecular complexity index is 1200. The number of ether oxygens (including phenoxy) is 1. The summed E-state index contributed by atoms with van der Waals surface area (Å²) in [7, 11) is 0. The number of nitriles is 1. The lowest BCUT2D eigenvalue weighted by Crippen LogP contribution is -2.49. The molecule has 1 saturated heterocycles. The Balaban J connectivity index is 1.51. The van der Waals surface area contributed by atoms with Crippen molar-refractivity contribution in [3.8, 4) is 22.9 Å². The number of amides is 1. The van der Waals surface area contributed by atoms with Gasteiger partial charge in [0.2, 0.25) is 5.91 Å². The van der Waals surface area contributed by atoms with Crippen LogP contribution in [0.15, 0.2) is 36.8 Å². The van der Waals surface area contributed by atoms with E-state index in [1.807, 2.05) is 23.1 Å². The second kappa shape index (κ2) is 10.7. The standard InChI is InChI=1S/C26H32N6O3/c1-18(2)4-7-25(34)31-10-8-30(9-11-31)24-6-5-20(14-28-24)23-12-22(35-17-19(3)33)16-32-26(23)21(13-27)15-29-32/h5-6,12,14-16,18-19,33H,4,7-11,17H2,1-3H3/t19-/m0/s1. The zero-order valence-corrected chi connectivity index (χ0v) is 20.5. The molecule has 3 aromatic heterocycles. The first-order valence-corrected chi connectivity index (χ1v) is 12.1. The molecule has 0 radical (unpaired) electrons. The summed E-state index contributed by atoms with van der Waals surface area (Å²) in [4.78, 5) is 21.3. The summed E-state index contributed by atoms with van der Waals surface area (Å²) in [6.07, 6.45) is 5.95. The summed E-state index contributed by atoms with van der Waals surface area (Å²) in [6, 6.07) is 7.98. The number of carbonyl (C=O) groups is 1. The first kappa shape index (κ1) is 24.5. The van der Waals surface area contributed by atoms with Crippen LogP contribution in [0.1, 0.15) is 39.2 Å². The number of aromatic nitrogens is 3. The van der Waals surface area contributed by atoms with E-state index < -0.39 is 6.10 Å². The normalized spacial score (nSPS) is 14.9. The zero-order chi connectivity index (χ0) is 24.9. The van der Waals surface area contributed by atoms with Crippen LogP contribution in [0.2, 0.25) is 0 Å². The van der Waals surface area contributed by atoms with E-state index in [9.17, 15) is 15.2 Å². The third-order valence-electron chi connectivity index (χ3n) is 6.15. The van der Waals surface area contributed by atoms with Gasteiger partial charge in [0.1, 0.15) is 24.2 Å². The van der Waals surface area contributed by atoms with E-state index in [-0.39, 0.29) is 12.5 Å². The number of fused-ring (bicyclic) bond motifs is 1. The van der Waals surface area contributed by atoms with Crippen molar-refractivity contribution in [3.63, 3.8) is 0 Å². The molecule has 0 aliphatic carbocycles. The van der Waals surface area contributed by atoms with Gasteiger partial charge in [-0.25, -0.2) is 9.50 Å². The maximum atomic E-state index is 12.4. The number of aliphatic hydroxyl groups is 1. The maximum Gasteiger partial charge on any atom is 0.222 e. The van der Waals surface area contributed by atoms with E-state index in [2.05, 4.69) is 34.9 Å². The van der Waals surface area contributed by atoms with Crippen molar-refractivity contribution >= 4 is 17.2 Å². The largest absolute Gasteiger partial charge is 0.489 e. The minimum absolute atomic E-state index is 0.153. The third-order valence-corrected chi connectivity index (χ3v) is 6.15.